The number of phenols is 1. The van der Waals surface area contributed by atoms with E-state index < -0.39 is 0 Å². The summed E-state index contributed by atoms with van der Waals surface area (Å²) in [6.07, 6.45) is 0. The summed E-state index contributed by atoms with van der Waals surface area (Å²) in [5, 5.41) is 13.1. The standard InChI is InChI=1S/C24H20N4O3/c1-15(29)25-18-11-7-16(8-12-18)22-26-23(17-9-13-19(31-2)14-10-17)28-24(27-22)20-5-3-4-6-21(20)30/h3-14,30H,1-2H3,(H,25,29). The second kappa shape index (κ2) is 8.62. The van der Waals surface area contributed by atoms with E-state index in [1.165, 1.54) is 6.92 Å². The van der Waals surface area contributed by atoms with Gasteiger partial charge in [0.15, 0.2) is 17.5 Å². The first-order valence-electron chi connectivity index (χ1n) is 9.60. The minimum Gasteiger partial charge on any atom is -0.507 e. The lowest BCUT2D eigenvalue weighted by Crippen LogP contribution is -2.05. The third kappa shape index (κ3) is 4.51. The molecule has 0 aliphatic heterocycles. The molecule has 154 valence electrons. The molecule has 7 nitrogen and oxygen atoms in total. The fourth-order valence-electron chi connectivity index (χ4n) is 3.06. The molecule has 7 heteroatoms. The van der Waals surface area contributed by atoms with Gasteiger partial charge in [0.1, 0.15) is 11.5 Å². The lowest BCUT2D eigenvalue weighted by Gasteiger charge is -2.10. The average Bonchev–Trinajstić information content (AvgIpc) is 2.79. The van der Waals surface area contributed by atoms with E-state index in [1.54, 1.807) is 37.4 Å². The molecule has 2 N–H and O–H groups in total. The molecule has 0 unspecified atom stereocenters. The molecule has 0 aliphatic rings. The van der Waals surface area contributed by atoms with E-state index in [2.05, 4.69) is 20.3 Å². The van der Waals surface area contributed by atoms with Crippen LogP contribution < -0.4 is 10.1 Å². The molecule has 0 spiro atoms. The van der Waals surface area contributed by atoms with Gasteiger partial charge in [-0.15, -0.1) is 0 Å². The highest BCUT2D eigenvalue weighted by molar-refractivity contribution is 5.88. The van der Waals surface area contributed by atoms with Crippen molar-refractivity contribution in [3.8, 4) is 45.7 Å². The number of hydrogen-bond donors (Lipinski definition) is 2. The Morgan fingerprint density at radius 1 is 0.806 bits per heavy atom. The van der Waals surface area contributed by atoms with Gasteiger partial charge in [-0.3, -0.25) is 4.79 Å². The monoisotopic (exact) mass is 412 g/mol. The van der Waals surface area contributed by atoms with Gasteiger partial charge in [-0.05, 0) is 60.7 Å². The predicted octanol–water partition coefficient (Wildman–Crippen LogP) is 4.55. The lowest BCUT2D eigenvalue weighted by atomic mass is 10.1. The normalized spacial score (nSPS) is 10.5. The molecule has 0 atom stereocenters. The summed E-state index contributed by atoms with van der Waals surface area (Å²) in [6, 6.07) is 21.5. The summed E-state index contributed by atoms with van der Waals surface area (Å²) in [5.74, 6) is 1.95. The van der Waals surface area contributed by atoms with E-state index in [-0.39, 0.29) is 11.7 Å². The van der Waals surface area contributed by atoms with Crippen molar-refractivity contribution in [1.82, 2.24) is 15.0 Å². The highest BCUT2D eigenvalue weighted by Gasteiger charge is 2.14. The first-order valence-corrected chi connectivity index (χ1v) is 9.60. The van der Waals surface area contributed by atoms with Crippen LogP contribution >= 0.6 is 0 Å². The first kappa shape index (κ1) is 20.0. The Labute approximate surface area is 179 Å². The van der Waals surface area contributed by atoms with E-state index in [1.807, 2.05) is 42.5 Å². The minimum absolute atomic E-state index is 0.0846. The van der Waals surface area contributed by atoms with E-state index in [9.17, 15) is 9.90 Å². The van der Waals surface area contributed by atoms with Crippen LogP contribution in [0.2, 0.25) is 0 Å². The molecule has 1 heterocycles. The number of aromatic hydroxyl groups is 1. The number of carbonyl (C=O) groups is 1. The number of ether oxygens (including phenoxy) is 1. The molecule has 0 aliphatic carbocycles. The van der Waals surface area contributed by atoms with Gasteiger partial charge in [0, 0.05) is 23.7 Å². The Balaban J connectivity index is 1.83. The van der Waals surface area contributed by atoms with Crippen molar-refractivity contribution in [2.24, 2.45) is 0 Å². The molecule has 0 radical (unpaired) electrons. The van der Waals surface area contributed by atoms with Gasteiger partial charge in [0.25, 0.3) is 0 Å². The number of carbonyl (C=O) groups excluding carboxylic acids is 1. The van der Waals surface area contributed by atoms with Crippen LogP contribution in [0.4, 0.5) is 5.69 Å². The molecule has 31 heavy (non-hydrogen) atoms. The Morgan fingerprint density at radius 2 is 1.35 bits per heavy atom. The molecular formula is C24H20N4O3. The van der Waals surface area contributed by atoms with Gasteiger partial charge in [0.05, 0.1) is 12.7 Å². The number of phenolic OH excluding ortho intramolecular Hbond substituents is 1. The summed E-state index contributed by atoms with van der Waals surface area (Å²) in [6.45, 7) is 1.46. The van der Waals surface area contributed by atoms with Gasteiger partial charge in [-0.1, -0.05) is 12.1 Å². The number of benzene rings is 3. The number of rotatable bonds is 5. The Morgan fingerprint density at radius 3 is 1.90 bits per heavy atom. The summed E-state index contributed by atoms with van der Waals surface area (Å²) >= 11 is 0. The van der Waals surface area contributed by atoms with Gasteiger partial charge in [-0.2, -0.15) is 0 Å². The summed E-state index contributed by atoms with van der Waals surface area (Å²) in [4.78, 5) is 25.1. The third-order valence-electron chi connectivity index (χ3n) is 4.59. The van der Waals surface area contributed by atoms with E-state index in [4.69, 9.17) is 4.74 Å². The van der Waals surface area contributed by atoms with Crippen molar-refractivity contribution in [2.75, 3.05) is 12.4 Å². The van der Waals surface area contributed by atoms with Crippen molar-refractivity contribution in [3.63, 3.8) is 0 Å². The van der Waals surface area contributed by atoms with Crippen LogP contribution in [0.1, 0.15) is 6.92 Å². The van der Waals surface area contributed by atoms with Crippen LogP contribution in [-0.4, -0.2) is 33.1 Å². The van der Waals surface area contributed by atoms with Crippen molar-refractivity contribution in [2.45, 2.75) is 6.92 Å². The fourth-order valence-corrected chi connectivity index (χ4v) is 3.06. The molecule has 4 aromatic rings. The van der Waals surface area contributed by atoms with E-state index in [0.29, 0.717) is 28.7 Å². The van der Waals surface area contributed by atoms with Gasteiger partial charge in [0.2, 0.25) is 5.91 Å². The molecule has 0 saturated heterocycles. The number of amides is 1. The van der Waals surface area contributed by atoms with Crippen LogP contribution in [0.15, 0.2) is 72.8 Å². The van der Waals surface area contributed by atoms with Gasteiger partial charge < -0.3 is 15.2 Å². The Bertz CT molecular complexity index is 1220. The SMILES string of the molecule is COc1ccc(-c2nc(-c3ccc(NC(C)=O)cc3)nc(-c3ccccc3O)n2)cc1. The van der Waals surface area contributed by atoms with Crippen LogP contribution in [0.25, 0.3) is 34.2 Å². The highest BCUT2D eigenvalue weighted by atomic mass is 16.5. The molecule has 0 fully saturated rings. The smallest absolute Gasteiger partial charge is 0.221 e. The van der Waals surface area contributed by atoms with Crippen LogP contribution in [0, 0.1) is 0 Å². The zero-order valence-electron chi connectivity index (χ0n) is 17.0. The highest BCUT2D eigenvalue weighted by Crippen LogP contribution is 2.30. The van der Waals surface area contributed by atoms with E-state index in [0.717, 1.165) is 16.9 Å². The fraction of sp³-hybridized carbons (Fsp3) is 0.0833. The average molecular weight is 412 g/mol. The quantitative estimate of drug-likeness (QED) is 0.499. The molecule has 0 bridgehead atoms. The zero-order chi connectivity index (χ0) is 21.8. The molecule has 1 aromatic heterocycles. The summed E-state index contributed by atoms with van der Waals surface area (Å²) in [5.41, 5.74) is 2.73. The first-order chi connectivity index (χ1) is 15.0. The number of anilines is 1. The maximum atomic E-state index is 11.3. The van der Waals surface area contributed by atoms with Gasteiger partial charge in [-0.25, -0.2) is 15.0 Å². The number of para-hydroxylation sites is 1. The van der Waals surface area contributed by atoms with Crippen molar-refractivity contribution < 1.29 is 14.6 Å². The zero-order valence-corrected chi connectivity index (χ0v) is 17.0. The van der Waals surface area contributed by atoms with E-state index >= 15 is 0 Å². The molecule has 3 aromatic carbocycles. The third-order valence-corrected chi connectivity index (χ3v) is 4.59. The van der Waals surface area contributed by atoms with Crippen LogP contribution in [-0.2, 0) is 4.79 Å². The Kier molecular flexibility index (Phi) is 5.57. The lowest BCUT2D eigenvalue weighted by molar-refractivity contribution is -0.114. The predicted molar refractivity (Wildman–Crippen MR) is 119 cm³/mol. The number of methoxy groups -OCH3 is 1. The number of aromatic nitrogens is 3. The van der Waals surface area contributed by atoms with Crippen molar-refractivity contribution in [1.29, 1.82) is 0 Å². The van der Waals surface area contributed by atoms with Crippen molar-refractivity contribution >= 4 is 11.6 Å². The largest absolute Gasteiger partial charge is 0.507 e. The summed E-state index contributed by atoms with van der Waals surface area (Å²) in [7, 11) is 1.61. The maximum absolute atomic E-state index is 11.3. The second-order valence-electron chi connectivity index (χ2n) is 6.81. The summed E-state index contributed by atoms with van der Waals surface area (Å²) < 4.78 is 5.23. The topological polar surface area (TPSA) is 97.2 Å². The number of nitrogens with zero attached hydrogens (tertiary/aromatic N) is 3. The van der Waals surface area contributed by atoms with Gasteiger partial charge >= 0.3 is 0 Å². The van der Waals surface area contributed by atoms with Crippen LogP contribution in [0.5, 0.6) is 11.5 Å². The minimum atomic E-state index is -0.142. The molecule has 4 rings (SSSR count). The molecular weight excluding hydrogens is 392 g/mol. The Hall–Kier alpha value is -4.26. The maximum Gasteiger partial charge on any atom is 0.221 e. The molecule has 0 saturated carbocycles. The molecule has 1 amide bonds. The van der Waals surface area contributed by atoms with Crippen molar-refractivity contribution in [3.05, 3.63) is 72.8 Å². The number of nitrogens with one attached hydrogen (secondary N) is 1. The number of hydrogen-bond acceptors (Lipinski definition) is 6. The van der Waals surface area contributed by atoms with Crippen LogP contribution in [0.3, 0.4) is 0 Å². The second-order valence-corrected chi connectivity index (χ2v) is 6.81.